The molecule has 0 saturated heterocycles. The van der Waals surface area contributed by atoms with Crippen LogP contribution in [0.15, 0.2) is 59.2 Å². The Morgan fingerprint density at radius 1 is 1.09 bits per heavy atom. The van der Waals surface area contributed by atoms with Crippen LogP contribution in [0, 0.1) is 0 Å². The SMILES string of the molecule is NC(=O)c1sc(-c2ccccc2)cc1NC(=O)c1ccco1. The minimum atomic E-state index is -0.582. The molecule has 0 saturated carbocycles. The van der Waals surface area contributed by atoms with Gasteiger partial charge in [-0.3, -0.25) is 9.59 Å². The molecule has 3 N–H and O–H groups in total. The molecule has 0 aliphatic carbocycles. The zero-order valence-corrected chi connectivity index (χ0v) is 12.2. The number of amides is 2. The lowest BCUT2D eigenvalue weighted by Crippen LogP contribution is -2.15. The summed E-state index contributed by atoms with van der Waals surface area (Å²) in [5.41, 5.74) is 6.74. The van der Waals surface area contributed by atoms with Crippen LogP contribution in [-0.2, 0) is 0 Å². The van der Waals surface area contributed by atoms with Crippen molar-refractivity contribution in [1.82, 2.24) is 0 Å². The van der Waals surface area contributed by atoms with E-state index in [9.17, 15) is 9.59 Å². The quantitative estimate of drug-likeness (QED) is 0.774. The summed E-state index contributed by atoms with van der Waals surface area (Å²) in [7, 11) is 0. The van der Waals surface area contributed by atoms with Crippen LogP contribution >= 0.6 is 11.3 Å². The molecule has 110 valence electrons. The van der Waals surface area contributed by atoms with E-state index in [4.69, 9.17) is 10.2 Å². The monoisotopic (exact) mass is 312 g/mol. The number of hydrogen-bond donors (Lipinski definition) is 2. The van der Waals surface area contributed by atoms with Crippen LogP contribution in [0.4, 0.5) is 5.69 Å². The van der Waals surface area contributed by atoms with Gasteiger partial charge in [0.15, 0.2) is 5.76 Å². The number of furan rings is 1. The molecule has 3 aromatic rings. The van der Waals surface area contributed by atoms with Crippen molar-refractivity contribution < 1.29 is 14.0 Å². The highest BCUT2D eigenvalue weighted by atomic mass is 32.1. The molecule has 2 aromatic heterocycles. The van der Waals surface area contributed by atoms with Gasteiger partial charge in [-0.15, -0.1) is 11.3 Å². The van der Waals surface area contributed by atoms with Crippen LogP contribution in [0.5, 0.6) is 0 Å². The molecule has 3 rings (SSSR count). The molecule has 2 amide bonds. The third-order valence-corrected chi connectivity index (χ3v) is 4.21. The van der Waals surface area contributed by atoms with Gasteiger partial charge in [-0.25, -0.2) is 0 Å². The van der Waals surface area contributed by atoms with E-state index in [0.717, 1.165) is 10.4 Å². The van der Waals surface area contributed by atoms with E-state index in [2.05, 4.69) is 5.32 Å². The largest absolute Gasteiger partial charge is 0.459 e. The van der Waals surface area contributed by atoms with Crippen LogP contribution in [0.3, 0.4) is 0 Å². The van der Waals surface area contributed by atoms with E-state index in [1.54, 1.807) is 18.2 Å². The Morgan fingerprint density at radius 2 is 1.86 bits per heavy atom. The van der Waals surface area contributed by atoms with Gasteiger partial charge in [-0.05, 0) is 23.8 Å². The third-order valence-electron chi connectivity index (χ3n) is 3.01. The minimum absolute atomic E-state index is 0.169. The van der Waals surface area contributed by atoms with Crippen molar-refractivity contribution in [3.05, 3.63) is 65.4 Å². The number of nitrogens with two attached hydrogens (primary N) is 1. The van der Waals surface area contributed by atoms with E-state index in [1.165, 1.54) is 17.6 Å². The number of nitrogens with one attached hydrogen (secondary N) is 1. The first-order valence-corrected chi connectivity index (χ1v) is 7.30. The molecule has 0 bridgehead atoms. The van der Waals surface area contributed by atoms with Crippen LogP contribution in [0.2, 0.25) is 0 Å². The number of rotatable bonds is 4. The molecule has 0 aliphatic rings. The summed E-state index contributed by atoms with van der Waals surface area (Å²) in [6.07, 6.45) is 1.41. The average Bonchev–Trinajstić information content (AvgIpc) is 3.17. The number of carbonyl (C=O) groups excluding carboxylic acids is 2. The Labute approximate surface area is 130 Å². The fourth-order valence-corrected chi connectivity index (χ4v) is 2.97. The van der Waals surface area contributed by atoms with E-state index in [1.807, 2.05) is 30.3 Å². The standard InChI is InChI=1S/C16H12N2O3S/c17-15(19)14-11(18-16(20)12-7-4-8-21-12)9-13(22-14)10-5-2-1-3-6-10/h1-9H,(H2,17,19)(H,18,20). The van der Waals surface area contributed by atoms with Gasteiger partial charge in [0.1, 0.15) is 4.88 Å². The van der Waals surface area contributed by atoms with E-state index in [0.29, 0.717) is 10.6 Å². The lowest BCUT2D eigenvalue weighted by Gasteiger charge is -2.01. The highest BCUT2D eigenvalue weighted by Gasteiger charge is 2.18. The van der Waals surface area contributed by atoms with Gasteiger partial charge in [0.05, 0.1) is 12.0 Å². The lowest BCUT2D eigenvalue weighted by molar-refractivity contribution is 0.0996. The summed E-state index contributed by atoms with van der Waals surface area (Å²) in [6, 6.07) is 14.5. The van der Waals surface area contributed by atoms with Crippen molar-refractivity contribution in [1.29, 1.82) is 0 Å². The van der Waals surface area contributed by atoms with Crippen molar-refractivity contribution in [2.45, 2.75) is 0 Å². The molecular formula is C16H12N2O3S. The number of thiophene rings is 1. The van der Waals surface area contributed by atoms with Crippen LogP contribution < -0.4 is 11.1 Å². The molecule has 0 unspecified atom stereocenters. The first kappa shape index (κ1) is 14.1. The van der Waals surface area contributed by atoms with Gasteiger partial charge in [-0.2, -0.15) is 0 Å². The fourth-order valence-electron chi connectivity index (χ4n) is 2.00. The summed E-state index contributed by atoms with van der Waals surface area (Å²) in [4.78, 5) is 24.8. The van der Waals surface area contributed by atoms with Gasteiger partial charge in [-0.1, -0.05) is 30.3 Å². The number of anilines is 1. The second-order valence-electron chi connectivity index (χ2n) is 4.52. The molecule has 5 nitrogen and oxygen atoms in total. The lowest BCUT2D eigenvalue weighted by atomic mass is 10.2. The van der Waals surface area contributed by atoms with Crippen LogP contribution in [0.1, 0.15) is 20.2 Å². The number of carbonyl (C=O) groups is 2. The Bertz CT molecular complexity index is 807. The molecule has 0 atom stereocenters. The molecule has 2 heterocycles. The van der Waals surface area contributed by atoms with Gasteiger partial charge in [0.25, 0.3) is 11.8 Å². The predicted molar refractivity (Wildman–Crippen MR) is 84.9 cm³/mol. The summed E-state index contributed by atoms with van der Waals surface area (Å²) >= 11 is 1.24. The van der Waals surface area contributed by atoms with E-state index < -0.39 is 11.8 Å². The molecule has 22 heavy (non-hydrogen) atoms. The van der Waals surface area contributed by atoms with Crippen molar-refractivity contribution >= 4 is 28.8 Å². The zero-order valence-electron chi connectivity index (χ0n) is 11.4. The normalized spacial score (nSPS) is 10.4. The van der Waals surface area contributed by atoms with Gasteiger partial charge >= 0.3 is 0 Å². The molecule has 0 aliphatic heterocycles. The molecule has 0 radical (unpaired) electrons. The van der Waals surface area contributed by atoms with Crippen LogP contribution in [-0.4, -0.2) is 11.8 Å². The van der Waals surface area contributed by atoms with Gasteiger partial charge < -0.3 is 15.5 Å². The zero-order chi connectivity index (χ0) is 15.5. The first-order chi connectivity index (χ1) is 10.6. The minimum Gasteiger partial charge on any atom is -0.459 e. The Kier molecular flexibility index (Phi) is 3.76. The number of benzene rings is 1. The molecule has 1 aromatic carbocycles. The maximum atomic E-state index is 12.0. The first-order valence-electron chi connectivity index (χ1n) is 6.49. The van der Waals surface area contributed by atoms with E-state index in [-0.39, 0.29) is 5.76 Å². The Balaban J connectivity index is 1.95. The van der Waals surface area contributed by atoms with Crippen molar-refractivity contribution in [3.8, 4) is 10.4 Å². The Hall–Kier alpha value is -2.86. The fraction of sp³-hybridized carbons (Fsp3) is 0. The van der Waals surface area contributed by atoms with Gasteiger partial charge in [0.2, 0.25) is 0 Å². The van der Waals surface area contributed by atoms with Crippen molar-refractivity contribution in [3.63, 3.8) is 0 Å². The summed E-state index contributed by atoms with van der Waals surface area (Å²) in [5, 5.41) is 2.66. The smallest absolute Gasteiger partial charge is 0.291 e. The molecular weight excluding hydrogens is 300 g/mol. The van der Waals surface area contributed by atoms with Crippen molar-refractivity contribution in [2.24, 2.45) is 5.73 Å². The summed E-state index contributed by atoms with van der Waals surface area (Å²) in [5.74, 6) is -0.838. The molecule has 6 heteroatoms. The summed E-state index contributed by atoms with van der Waals surface area (Å²) < 4.78 is 5.03. The molecule has 0 spiro atoms. The van der Waals surface area contributed by atoms with Crippen LogP contribution in [0.25, 0.3) is 10.4 Å². The highest BCUT2D eigenvalue weighted by molar-refractivity contribution is 7.18. The van der Waals surface area contributed by atoms with Gasteiger partial charge in [0, 0.05) is 4.88 Å². The van der Waals surface area contributed by atoms with E-state index >= 15 is 0 Å². The highest BCUT2D eigenvalue weighted by Crippen LogP contribution is 2.34. The maximum absolute atomic E-state index is 12.0. The Morgan fingerprint density at radius 3 is 2.50 bits per heavy atom. The predicted octanol–water partition coefficient (Wildman–Crippen LogP) is 3.36. The second kappa shape index (κ2) is 5.87. The average molecular weight is 312 g/mol. The summed E-state index contributed by atoms with van der Waals surface area (Å²) in [6.45, 7) is 0. The number of hydrogen-bond acceptors (Lipinski definition) is 4. The second-order valence-corrected chi connectivity index (χ2v) is 5.57. The topological polar surface area (TPSA) is 85.3 Å². The van der Waals surface area contributed by atoms with Crippen molar-refractivity contribution in [2.75, 3.05) is 5.32 Å². The maximum Gasteiger partial charge on any atom is 0.291 e. The number of primary amides is 1. The molecule has 0 fully saturated rings. The third kappa shape index (κ3) is 2.77.